The van der Waals surface area contributed by atoms with Crippen LogP contribution in [0, 0.1) is 6.92 Å². The molecule has 2 unspecified atom stereocenters. The number of sulfonamides is 1. The highest BCUT2D eigenvalue weighted by atomic mass is 35.5. The Labute approximate surface area is 269 Å². The van der Waals surface area contributed by atoms with Gasteiger partial charge in [0.05, 0.1) is 35.4 Å². The van der Waals surface area contributed by atoms with Crippen molar-refractivity contribution in [1.29, 1.82) is 0 Å². The summed E-state index contributed by atoms with van der Waals surface area (Å²) in [5.74, 6) is -1.15. The van der Waals surface area contributed by atoms with Crippen LogP contribution in [-0.2, 0) is 31.0 Å². The number of amides is 3. The molecule has 4 aromatic rings. The third kappa shape index (κ3) is 6.80. The standard InChI is InChI=1S/C33H35N5O5S.ClH/c1-21-13-14-24-9-5-6-10-27(24)28(21)19-37-30-11-7-8-12-31(30)38(20-29(33(37)41)36-32(40)22(2)34-4)44(42,43)26-17-15-25(16-18-26)35-23(3)39;/h5-18,22,29,34H,19-20H2,1-4H3,(H,35,39)(H,36,40);1H. The Balaban J connectivity index is 0.00000461. The van der Waals surface area contributed by atoms with Gasteiger partial charge in [0.1, 0.15) is 6.04 Å². The molecule has 2 atom stereocenters. The van der Waals surface area contributed by atoms with Crippen LogP contribution in [0.2, 0.25) is 0 Å². The van der Waals surface area contributed by atoms with Gasteiger partial charge in [0.15, 0.2) is 0 Å². The number of likely N-dealkylation sites (N-methyl/N-ethyl adjacent to an activating group) is 1. The van der Waals surface area contributed by atoms with Gasteiger partial charge >= 0.3 is 0 Å². The van der Waals surface area contributed by atoms with Crippen molar-refractivity contribution in [2.75, 3.05) is 28.1 Å². The van der Waals surface area contributed by atoms with Crippen molar-refractivity contribution in [3.8, 4) is 0 Å². The Morgan fingerprint density at radius 3 is 2.24 bits per heavy atom. The van der Waals surface area contributed by atoms with Gasteiger partial charge in [-0.3, -0.25) is 18.7 Å². The predicted octanol–water partition coefficient (Wildman–Crippen LogP) is 4.36. The van der Waals surface area contributed by atoms with E-state index in [4.69, 9.17) is 0 Å². The van der Waals surface area contributed by atoms with Gasteiger partial charge in [-0.1, -0.05) is 48.5 Å². The normalized spacial score (nSPS) is 15.5. The molecule has 0 aliphatic carbocycles. The number of halogens is 1. The molecule has 1 aliphatic rings. The van der Waals surface area contributed by atoms with Crippen molar-refractivity contribution in [2.45, 2.75) is 44.3 Å². The first-order valence-corrected chi connectivity index (χ1v) is 15.7. The van der Waals surface area contributed by atoms with E-state index in [1.807, 2.05) is 43.3 Å². The fourth-order valence-electron chi connectivity index (χ4n) is 5.33. The minimum atomic E-state index is -4.23. The number of benzene rings is 4. The van der Waals surface area contributed by atoms with Crippen LogP contribution < -0.4 is 25.2 Å². The minimum absolute atomic E-state index is 0. The zero-order valence-electron chi connectivity index (χ0n) is 25.4. The molecule has 1 heterocycles. The number of para-hydroxylation sites is 2. The Kier molecular flexibility index (Phi) is 10.2. The van der Waals surface area contributed by atoms with E-state index in [9.17, 15) is 22.8 Å². The predicted molar refractivity (Wildman–Crippen MR) is 179 cm³/mol. The molecule has 0 bridgehead atoms. The number of fused-ring (bicyclic) bond motifs is 2. The Morgan fingerprint density at radius 1 is 0.933 bits per heavy atom. The van der Waals surface area contributed by atoms with Crippen molar-refractivity contribution in [1.82, 2.24) is 10.6 Å². The highest BCUT2D eigenvalue weighted by molar-refractivity contribution is 7.92. The third-order valence-electron chi connectivity index (χ3n) is 7.85. The quantitative estimate of drug-likeness (QED) is 0.260. The van der Waals surface area contributed by atoms with Crippen LogP contribution in [0.4, 0.5) is 17.1 Å². The number of anilines is 3. The average molecular weight is 650 g/mol. The fourth-order valence-corrected chi connectivity index (χ4v) is 6.83. The third-order valence-corrected chi connectivity index (χ3v) is 9.64. The summed E-state index contributed by atoms with van der Waals surface area (Å²) < 4.78 is 29.7. The lowest BCUT2D eigenvalue weighted by Gasteiger charge is -2.27. The van der Waals surface area contributed by atoms with Crippen LogP contribution in [0.3, 0.4) is 0 Å². The summed E-state index contributed by atoms with van der Waals surface area (Å²) in [7, 11) is -2.60. The molecular formula is C33H36ClN5O5S. The summed E-state index contributed by atoms with van der Waals surface area (Å²) in [5.41, 5.74) is 3.06. The Morgan fingerprint density at radius 2 is 1.58 bits per heavy atom. The number of aryl methyl sites for hydroxylation is 1. The fraction of sp³-hybridized carbons (Fsp3) is 0.242. The molecule has 12 heteroatoms. The molecule has 0 fully saturated rings. The van der Waals surface area contributed by atoms with E-state index in [0.717, 1.165) is 21.9 Å². The molecule has 0 saturated carbocycles. The molecule has 236 valence electrons. The first-order chi connectivity index (χ1) is 21.0. The Bertz CT molecular complexity index is 1850. The number of nitrogens with one attached hydrogen (secondary N) is 3. The monoisotopic (exact) mass is 649 g/mol. The van der Waals surface area contributed by atoms with Crippen molar-refractivity contribution < 1.29 is 22.8 Å². The second-order valence-corrected chi connectivity index (χ2v) is 12.7. The first-order valence-electron chi connectivity index (χ1n) is 14.3. The van der Waals surface area contributed by atoms with Crippen LogP contribution in [-0.4, -0.2) is 51.8 Å². The van der Waals surface area contributed by atoms with E-state index in [0.29, 0.717) is 17.1 Å². The minimum Gasteiger partial charge on any atom is -0.341 e. The highest BCUT2D eigenvalue weighted by Crippen LogP contribution is 2.38. The molecule has 5 rings (SSSR count). The second-order valence-electron chi connectivity index (χ2n) is 10.8. The molecule has 3 N–H and O–H groups in total. The summed E-state index contributed by atoms with van der Waals surface area (Å²) >= 11 is 0. The number of rotatable bonds is 8. The number of hydrogen-bond donors (Lipinski definition) is 3. The second kappa shape index (κ2) is 13.7. The van der Waals surface area contributed by atoms with E-state index in [2.05, 4.69) is 16.0 Å². The van der Waals surface area contributed by atoms with Gasteiger partial charge in [0.25, 0.3) is 15.9 Å². The number of nitrogens with zero attached hydrogens (tertiary/aromatic N) is 2. The lowest BCUT2D eigenvalue weighted by Crippen LogP contribution is -2.55. The van der Waals surface area contributed by atoms with Crippen molar-refractivity contribution in [2.24, 2.45) is 0 Å². The SMILES string of the molecule is CNC(C)C(=O)NC1CN(S(=O)(=O)c2ccc(NC(C)=O)cc2)c2ccccc2N(Cc2c(C)ccc3ccccc23)C1=O.Cl. The maximum atomic E-state index is 14.4. The lowest BCUT2D eigenvalue weighted by molar-refractivity contribution is -0.128. The average Bonchev–Trinajstić information content (AvgIpc) is 3.12. The van der Waals surface area contributed by atoms with E-state index in [1.54, 1.807) is 43.1 Å². The maximum Gasteiger partial charge on any atom is 0.264 e. The van der Waals surface area contributed by atoms with Crippen LogP contribution in [0.5, 0.6) is 0 Å². The van der Waals surface area contributed by atoms with Crippen molar-refractivity contribution >= 4 is 68.0 Å². The number of carbonyl (C=O) groups excluding carboxylic acids is 3. The smallest absolute Gasteiger partial charge is 0.264 e. The van der Waals surface area contributed by atoms with E-state index in [1.165, 1.54) is 35.5 Å². The first kappa shape index (κ1) is 33.4. The van der Waals surface area contributed by atoms with Crippen molar-refractivity contribution in [3.05, 3.63) is 96.1 Å². The largest absolute Gasteiger partial charge is 0.341 e. The number of hydrogen-bond acceptors (Lipinski definition) is 6. The van der Waals surface area contributed by atoms with Crippen LogP contribution in [0.15, 0.2) is 89.8 Å². The van der Waals surface area contributed by atoms with E-state index in [-0.39, 0.29) is 36.3 Å². The van der Waals surface area contributed by atoms with Gasteiger partial charge < -0.3 is 20.9 Å². The van der Waals surface area contributed by atoms with E-state index >= 15 is 0 Å². The van der Waals surface area contributed by atoms with Gasteiger partial charge in [-0.2, -0.15) is 0 Å². The summed E-state index contributed by atoms with van der Waals surface area (Å²) in [5, 5.41) is 10.3. The molecule has 0 saturated heterocycles. The van der Waals surface area contributed by atoms with Gasteiger partial charge in [-0.15, -0.1) is 12.4 Å². The molecule has 0 spiro atoms. The summed E-state index contributed by atoms with van der Waals surface area (Å²) in [4.78, 5) is 40.5. The lowest BCUT2D eigenvalue weighted by atomic mass is 9.99. The molecule has 0 aromatic heterocycles. The van der Waals surface area contributed by atoms with Crippen LogP contribution >= 0.6 is 12.4 Å². The summed E-state index contributed by atoms with van der Waals surface area (Å²) in [6, 6.07) is 22.8. The molecule has 45 heavy (non-hydrogen) atoms. The topological polar surface area (TPSA) is 128 Å². The summed E-state index contributed by atoms with van der Waals surface area (Å²) in [6.45, 7) is 4.85. The zero-order valence-corrected chi connectivity index (χ0v) is 27.0. The molecule has 1 aliphatic heterocycles. The van der Waals surface area contributed by atoms with Gasteiger partial charge in [-0.25, -0.2) is 8.42 Å². The molecule has 3 amide bonds. The molecule has 10 nitrogen and oxygen atoms in total. The molecular weight excluding hydrogens is 614 g/mol. The van der Waals surface area contributed by atoms with Gasteiger partial charge in [-0.05, 0) is 79.2 Å². The van der Waals surface area contributed by atoms with Crippen molar-refractivity contribution in [3.63, 3.8) is 0 Å². The van der Waals surface area contributed by atoms with Crippen LogP contribution in [0.25, 0.3) is 10.8 Å². The zero-order chi connectivity index (χ0) is 31.6. The maximum absolute atomic E-state index is 14.4. The van der Waals surface area contributed by atoms with Gasteiger partial charge in [0, 0.05) is 12.6 Å². The Hall–Kier alpha value is -4.45. The summed E-state index contributed by atoms with van der Waals surface area (Å²) in [6.07, 6.45) is 0. The molecule has 4 aromatic carbocycles. The number of carbonyl (C=O) groups is 3. The van der Waals surface area contributed by atoms with Gasteiger partial charge in [0.2, 0.25) is 11.8 Å². The molecule has 0 radical (unpaired) electrons. The van der Waals surface area contributed by atoms with Crippen LogP contribution in [0.1, 0.15) is 25.0 Å². The van der Waals surface area contributed by atoms with E-state index < -0.39 is 33.9 Å². The highest BCUT2D eigenvalue weighted by Gasteiger charge is 2.40.